The van der Waals surface area contributed by atoms with Gasteiger partial charge in [-0.15, -0.1) is 11.6 Å². The summed E-state index contributed by atoms with van der Waals surface area (Å²) in [5.74, 6) is 0.198. The third kappa shape index (κ3) is 3.42. The number of aliphatic hydroxyl groups excluding tert-OH is 1. The lowest BCUT2D eigenvalue weighted by molar-refractivity contribution is -0.117. The van der Waals surface area contributed by atoms with Gasteiger partial charge in [-0.2, -0.15) is 0 Å². The number of ketones is 1. The molecule has 0 aromatic carbocycles. The average molecular weight is 249 g/mol. The summed E-state index contributed by atoms with van der Waals surface area (Å²) in [4.78, 5) is 12.9. The number of carbonyl (C=O) groups excluding carboxylic acids is 1. The molecule has 1 saturated heterocycles. The van der Waals surface area contributed by atoms with Crippen molar-refractivity contribution in [3.05, 3.63) is 0 Å². The van der Waals surface area contributed by atoms with E-state index >= 15 is 0 Å². The van der Waals surface area contributed by atoms with Crippen LogP contribution in [0.5, 0.6) is 0 Å². The van der Waals surface area contributed by atoms with Gasteiger partial charge in [0.15, 0.2) is 0 Å². The van der Waals surface area contributed by atoms with Crippen LogP contribution in [0.3, 0.4) is 0 Å². The Hall–Kier alpha value is -0.160. The lowest BCUT2D eigenvalue weighted by Gasteiger charge is -2.44. The first kappa shape index (κ1) is 13.9. The number of hydrogen-bond donors (Lipinski definition) is 2. The van der Waals surface area contributed by atoms with Crippen LogP contribution in [0, 0.1) is 0 Å². The van der Waals surface area contributed by atoms with Crippen LogP contribution in [0.25, 0.3) is 0 Å². The van der Waals surface area contributed by atoms with Gasteiger partial charge in [-0.05, 0) is 26.8 Å². The fraction of sp³-hybridized carbons (Fsp3) is 0.909. The van der Waals surface area contributed by atoms with Gasteiger partial charge in [0.05, 0.1) is 17.0 Å². The Morgan fingerprint density at radius 1 is 1.62 bits per heavy atom. The van der Waals surface area contributed by atoms with E-state index in [2.05, 4.69) is 4.90 Å². The number of alkyl halides is 1. The zero-order valence-electron chi connectivity index (χ0n) is 9.95. The third-order valence-corrected chi connectivity index (χ3v) is 3.85. The Balaban J connectivity index is 2.39. The predicted molar refractivity (Wildman–Crippen MR) is 64.6 cm³/mol. The number of nitrogens with two attached hydrogens (primary N) is 1. The standard InChI is InChI=1S/C11H21ClN2O2/c1-8(15)4-3-5-14-6-9(12)11(2,13)10(16)7-14/h9-10,16H,3-7,13H2,1-2H3/t9?,10-,11+/m0/s1. The molecule has 0 spiro atoms. The number of nitrogens with zero attached hydrogens (tertiary/aromatic N) is 1. The van der Waals surface area contributed by atoms with Crippen molar-refractivity contribution in [1.29, 1.82) is 0 Å². The first-order valence-electron chi connectivity index (χ1n) is 5.67. The number of carbonyl (C=O) groups is 1. The fourth-order valence-electron chi connectivity index (χ4n) is 1.88. The van der Waals surface area contributed by atoms with Crippen molar-refractivity contribution in [3.63, 3.8) is 0 Å². The van der Waals surface area contributed by atoms with Gasteiger partial charge in [0.1, 0.15) is 5.78 Å². The van der Waals surface area contributed by atoms with Crippen molar-refractivity contribution in [2.45, 2.75) is 43.7 Å². The maximum absolute atomic E-state index is 10.8. The molecule has 1 heterocycles. The van der Waals surface area contributed by atoms with Gasteiger partial charge in [0.2, 0.25) is 0 Å². The molecule has 16 heavy (non-hydrogen) atoms. The van der Waals surface area contributed by atoms with Gasteiger partial charge in [-0.1, -0.05) is 0 Å². The van der Waals surface area contributed by atoms with Gasteiger partial charge >= 0.3 is 0 Å². The first-order chi connectivity index (χ1) is 7.34. The second kappa shape index (κ2) is 5.45. The Bertz CT molecular complexity index is 244. The van der Waals surface area contributed by atoms with E-state index < -0.39 is 11.6 Å². The Kier molecular flexibility index (Phi) is 4.73. The topological polar surface area (TPSA) is 66.6 Å². The Labute approximate surface area is 102 Å². The number of aliphatic hydroxyl groups is 1. The van der Waals surface area contributed by atoms with Gasteiger partial charge in [-0.3, -0.25) is 4.90 Å². The quantitative estimate of drug-likeness (QED) is 0.705. The summed E-state index contributed by atoms with van der Waals surface area (Å²) in [6, 6.07) is 0. The molecule has 5 heteroatoms. The van der Waals surface area contributed by atoms with Crippen LogP contribution in [0.15, 0.2) is 0 Å². The normalized spacial score (nSPS) is 36.3. The molecule has 1 aliphatic rings. The highest BCUT2D eigenvalue weighted by atomic mass is 35.5. The van der Waals surface area contributed by atoms with Crippen LogP contribution < -0.4 is 5.73 Å². The molecule has 3 atom stereocenters. The summed E-state index contributed by atoms with van der Waals surface area (Å²) in [6.07, 6.45) is 0.785. The summed E-state index contributed by atoms with van der Waals surface area (Å²) in [6.45, 7) is 5.36. The van der Waals surface area contributed by atoms with E-state index in [0.29, 0.717) is 19.5 Å². The summed E-state index contributed by atoms with van der Waals surface area (Å²) < 4.78 is 0. The Morgan fingerprint density at radius 2 is 2.25 bits per heavy atom. The summed E-state index contributed by atoms with van der Waals surface area (Å²) >= 11 is 6.15. The highest BCUT2D eigenvalue weighted by Crippen LogP contribution is 2.24. The molecule has 94 valence electrons. The molecule has 0 aromatic heterocycles. The predicted octanol–water partition coefficient (Wildman–Crippen LogP) is 0.357. The van der Waals surface area contributed by atoms with Crippen LogP contribution in [0.1, 0.15) is 26.7 Å². The van der Waals surface area contributed by atoms with Crippen molar-refractivity contribution < 1.29 is 9.90 Å². The van der Waals surface area contributed by atoms with Crippen molar-refractivity contribution in [1.82, 2.24) is 4.90 Å². The minimum Gasteiger partial charge on any atom is -0.390 e. The number of piperidine rings is 1. The molecule has 0 aromatic rings. The first-order valence-corrected chi connectivity index (χ1v) is 6.10. The zero-order chi connectivity index (χ0) is 12.3. The fourth-order valence-corrected chi connectivity index (χ4v) is 2.22. The molecule has 0 aliphatic carbocycles. The highest BCUT2D eigenvalue weighted by Gasteiger charge is 2.41. The van der Waals surface area contributed by atoms with E-state index in [1.807, 2.05) is 0 Å². The van der Waals surface area contributed by atoms with Crippen molar-refractivity contribution in [3.8, 4) is 0 Å². The van der Waals surface area contributed by atoms with Gasteiger partial charge in [0, 0.05) is 19.5 Å². The lowest BCUT2D eigenvalue weighted by Crippen LogP contribution is -2.65. The van der Waals surface area contributed by atoms with Crippen molar-refractivity contribution in [2.75, 3.05) is 19.6 Å². The molecule has 0 bridgehead atoms. The van der Waals surface area contributed by atoms with E-state index in [-0.39, 0.29) is 11.2 Å². The molecule has 1 fully saturated rings. The van der Waals surface area contributed by atoms with Gasteiger partial charge in [0.25, 0.3) is 0 Å². The van der Waals surface area contributed by atoms with E-state index in [1.54, 1.807) is 13.8 Å². The molecule has 1 aliphatic heterocycles. The number of β-amino-alcohol motifs (C(OH)–C–C–N with tert-alkyl or cyclic N) is 1. The van der Waals surface area contributed by atoms with Crippen LogP contribution in [-0.2, 0) is 4.79 Å². The second-order valence-corrected chi connectivity index (χ2v) is 5.44. The lowest BCUT2D eigenvalue weighted by atomic mass is 9.87. The number of rotatable bonds is 4. The van der Waals surface area contributed by atoms with Gasteiger partial charge in [-0.25, -0.2) is 0 Å². The van der Waals surface area contributed by atoms with E-state index in [0.717, 1.165) is 13.0 Å². The monoisotopic (exact) mass is 248 g/mol. The van der Waals surface area contributed by atoms with Crippen molar-refractivity contribution >= 4 is 17.4 Å². The van der Waals surface area contributed by atoms with Crippen LogP contribution in [0.4, 0.5) is 0 Å². The molecule has 0 amide bonds. The number of Topliss-reactive ketones (excluding diaryl/α,β-unsaturated/α-hetero) is 1. The number of halogens is 1. The maximum atomic E-state index is 10.8. The smallest absolute Gasteiger partial charge is 0.129 e. The van der Waals surface area contributed by atoms with E-state index in [4.69, 9.17) is 17.3 Å². The van der Waals surface area contributed by atoms with Crippen LogP contribution >= 0.6 is 11.6 Å². The minimum atomic E-state index is -0.724. The van der Waals surface area contributed by atoms with Crippen LogP contribution in [-0.4, -0.2) is 52.4 Å². The average Bonchev–Trinajstić information content (AvgIpc) is 2.14. The SMILES string of the molecule is CC(=O)CCCN1CC(Cl)[C@@](C)(N)[C@@H](O)C1. The summed E-state index contributed by atoms with van der Waals surface area (Å²) in [5, 5.41) is 9.61. The molecule has 1 unspecified atom stereocenters. The molecule has 4 nitrogen and oxygen atoms in total. The summed E-state index contributed by atoms with van der Waals surface area (Å²) in [7, 11) is 0. The molecular formula is C11H21ClN2O2. The molecular weight excluding hydrogens is 228 g/mol. The maximum Gasteiger partial charge on any atom is 0.129 e. The molecule has 1 rings (SSSR count). The summed E-state index contributed by atoms with van der Waals surface area (Å²) in [5.41, 5.74) is 5.22. The van der Waals surface area contributed by atoms with Crippen molar-refractivity contribution in [2.24, 2.45) is 5.73 Å². The molecule has 0 saturated carbocycles. The van der Waals surface area contributed by atoms with E-state index in [9.17, 15) is 9.90 Å². The molecule has 3 N–H and O–H groups in total. The van der Waals surface area contributed by atoms with Crippen LogP contribution in [0.2, 0.25) is 0 Å². The third-order valence-electron chi connectivity index (χ3n) is 3.25. The second-order valence-electron chi connectivity index (χ2n) is 4.91. The van der Waals surface area contributed by atoms with E-state index in [1.165, 1.54) is 0 Å². The number of hydrogen-bond acceptors (Lipinski definition) is 4. The highest BCUT2D eigenvalue weighted by molar-refractivity contribution is 6.21. The zero-order valence-corrected chi connectivity index (χ0v) is 10.7. The molecule has 0 radical (unpaired) electrons. The number of likely N-dealkylation sites (tertiary alicyclic amines) is 1. The largest absolute Gasteiger partial charge is 0.390 e. The minimum absolute atomic E-state index is 0.198. The Morgan fingerprint density at radius 3 is 2.75 bits per heavy atom. The van der Waals surface area contributed by atoms with Gasteiger partial charge < -0.3 is 15.6 Å².